The molecule has 0 saturated heterocycles. The van der Waals surface area contributed by atoms with Crippen molar-refractivity contribution in [2.24, 2.45) is 0 Å². The first-order chi connectivity index (χ1) is 11.6. The molecule has 0 bridgehead atoms. The van der Waals surface area contributed by atoms with Crippen molar-refractivity contribution in [1.29, 1.82) is 0 Å². The van der Waals surface area contributed by atoms with E-state index >= 15 is 0 Å². The first kappa shape index (κ1) is 16.8. The Bertz CT molecular complexity index is 811. The van der Waals surface area contributed by atoms with Crippen LogP contribution in [0.1, 0.15) is 11.1 Å². The molecule has 1 aromatic carbocycles. The van der Waals surface area contributed by atoms with Gasteiger partial charge in [-0.05, 0) is 47.0 Å². The van der Waals surface area contributed by atoms with Crippen LogP contribution in [0.5, 0.6) is 0 Å². The summed E-state index contributed by atoms with van der Waals surface area (Å²) in [5.74, 6) is 0.480. The number of hydrogen-bond donors (Lipinski definition) is 0. The van der Waals surface area contributed by atoms with Crippen molar-refractivity contribution in [1.82, 2.24) is 14.5 Å². The van der Waals surface area contributed by atoms with E-state index in [1.807, 2.05) is 41.4 Å². The predicted molar refractivity (Wildman–Crippen MR) is 99.8 cm³/mol. The van der Waals surface area contributed by atoms with Crippen LogP contribution in [0.25, 0.3) is 5.69 Å². The average Bonchev–Trinajstić information content (AvgIpc) is 3.23. The number of imidazole rings is 1. The Balaban J connectivity index is 1.63. The van der Waals surface area contributed by atoms with E-state index in [0.29, 0.717) is 12.3 Å². The number of hydrogen-bond acceptors (Lipinski definition) is 4. The van der Waals surface area contributed by atoms with Crippen LogP contribution in [-0.4, -0.2) is 33.2 Å². The van der Waals surface area contributed by atoms with Crippen molar-refractivity contribution in [2.45, 2.75) is 18.6 Å². The van der Waals surface area contributed by atoms with Crippen LogP contribution in [0.4, 0.5) is 0 Å². The molecule has 0 fully saturated rings. The highest BCUT2D eigenvalue weighted by molar-refractivity contribution is 7.99. The molecule has 0 N–H and O–H groups in total. The topological polar surface area (TPSA) is 38.1 Å². The Morgan fingerprint density at radius 2 is 2.25 bits per heavy atom. The van der Waals surface area contributed by atoms with Gasteiger partial charge in [-0.3, -0.25) is 9.36 Å². The van der Waals surface area contributed by atoms with Gasteiger partial charge in [0.15, 0.2) is 5.16 Å². The monoisotopic (exact) mass is 357 g/mol. The zero-order chi connectivity index (χ0) is 16.9. The quantitative estimate of drug-likeness (QED) is 0.626. The molecule has 0 aliphatic rings. The number of thioether (sulfide) groups is 1. The van der Waals surface area contributed by atoms with Gasteiger partial charge in [0.25, 0.3) is 0 Å². The third kappa shape index (κ3) is 4.07. The van der Waals surface area contributed by atoms with Gasteiger partial charge in [-0.15, -0.1) is 0 Å². The van der Waals surface area contributed by atoms with Gasteiger partial charge in [-0.1, -0.05) is 23.9 Å². The first-order valence-corrected chi connectivity index (χ1v) is 9.54. The lowest BCUT2D eigenvalue weighted by Gasteiger charge is -2.16. The van der Waals surface area contributed by atoms with Gasteiger partial charge in [0.1, 0.15) is 0 Å². The molecular formula is C18H19N3OS2. The third-order valence-electron chi connectivity index (χ3n) is 3.64. The molecule has 2 heterocycles. The van der Waals surface area contributed by atoms with Gasteiger partial charge >= 0.3 is 0 Å². The van der Waals surface area contributed by atoms with Crippen LogP contribution in [0, 0.1) is 6.92 Å². The van der Waals surface area contributed by atoms with Gasteiger partial charge in [-0.25, -0.2) is 4.98 Å². The van der Waals surface area contributed by atoms with E-state index in [-0.39, 0.29) is 5.91 Å². The number of carbonyl (C=O) groups excluding carboxylic acids is 1. The van der Waals surface area contributed by atoms with Crippen LogP contribution in [0.3, 0.4) is 0 Å². The van der Waals surface area contributed by atoms with Crippen molar-refractivity contribution in [3.63, 3.8) is 0 Å². The largest absolute Gasteiger partial charge is 0.341 e. The minimum absolute atomic E-state index is 0.102. The van der Waals surface area contributed by atoms with Crippen molar-refractivity contribution in [3.8, 4) is 5.69 Å². The number of rotatable bonds is 6. The molecule has 124 valence electrons. The Morgan fingerprint density at radius 3 is 3.00 bits per heavy atom. The number of benzene rings is 1. The van der Waals surface area contributed by atoms with Gasteiger partial charge in [0.05, 0.1) is 5.75 Å². The van der Waals surface area contributed by atoms with Crippen LogP contribution in [0.2, 0.25) is 0 Å². The van der Waals surface area contributed by atoms with E-state index in [4.69, 9.17) is 0 Å². The molecule has 0 aliphatic carbocycles. The fraction of sp³-hybridized carbons (Fsp3) is 0.222. The molecule has 0 saturated carbocycles. The van der Waals surface area contributed by atoms with Gasteiger partial charge in [-0.2, -0.15) is 11.3 Å². The number of amides is 1. The predicted octanol–water partition coefficient (Wildman–Crippen LogP) is 3.99. The summed E-state index contributed by atoms with van der Waals surface area (Å²) in [5, 5.41) is 4.93. The molecule has 1 amide bonds. The minimum atomic E-state index is 0.102. The zero-order valence-corrected chi connectivity index (χ0v) is 15.3. The summed E-state index contributed by atoms with van der Waals surface area (Å²) < 4.78 is 2.02. The van der Waals surface area contributed by atoms with Gasteiger partial charge in [0.2, 0.25) is 5.91 Å². The highest BCUT2D eigenvalue weighted by atomic mass is 32.2. The lowest BCUT2D eigenvalue weighted by Crippen LogP contribution is -2.27. The maximum atomic E-state index is 12.3. The Morgan fingerprint density at radius 1 is 1.38 bits per heavy atom. The molecule has 3 aromatic rings. The highest BCUT2D eigenvalue weighted by Crippen LogP contribution is 2.21. The minimum Gasteiger partial charge on any atom is -0.341 e. The van der Waals surface area contributed by atoms with Gasteiger partial charge in [0, 0.05) is 31.7 Å². The number of thiophene rings is 1. The number of aromatic nitrogens is 2. The van der Waals surface area contributed by atoms with Crippen LogP contribution in [0.15, 0.2) is 58.6 Å². The number of carbonyl (C=O) groups is 1. The molecule has 0 unspecified atom stereocenters. The van der Waals surface area contributed by atoms with Crippen molar-refractivity contribution in [3.05, 3.63) is 64.6 Å². The third-order valence-corrected chi connectivity index (χ3v) is 5.32. The number of nitrogens with zero attached hydrogens (tertiary/aromatic N) is 3. The van der Waals surface area contributed by atoms with Crippen molar-refractivity contribution in [2.75, 3.05) is 12.8 Å². The Hall–Kier alpha value is -2.05. The smallest absolute Gasteiger partial charge is 0.233 e. The van der Waals surface area contributed by atoms with E-state index < -0.39 is 0 Å². The second kappa shape index (κ2) is 7.68. The molecule has 4 nitrogen and oxygen atoms in total. The lowest BCUT2D eigenvalue weighted by atomic mass is 10.2. The van der Waals surface area contributed by atoms with E-state index in [1.54, 1.807) is 22.4 Å². The maximum Gasteiger partial charge on any atom is 0.233 e. The van der Waals surface area contributed by atoms with E-state index in [1.165, 1.54) is 22.9 Å². The lowest BCUT2D eigenvalue weighted by molar-refractivity contribution is -0.127. The Labute approximate surface area is 150 Å². The SMILES string of the molecule is Cc1cccc(-n2ccnc2SCC(=O)N(C)Cc2ccsc2)c1. The molecule has 2 aromatic heterocycles. The summed E-state index contributed by atoms with van der Waals surface area (Å²) in [6, 6.07) is 10.3. The summed E-state index contributed by atoms with van der Waals surface area (Å²) in [7, 11) is 1.84. The fourth-order valence-electron chi connectivity index (χ4n) is 2.35. The molecule has 0 aliphatic heterocycles. The summed E-state index contributed by atoms with van der Waals surface area (Å²) in [5.41, 5.74) is 3.43. The standard InChI is InChI=1S/C18H19N3OS2/c1-14-4-3-5-16(10-14)21-8-7-19-18(21)24-13-17(22)20(2)11-15-6-9-23-12-15/h3-10,12H,11,13H2,1-2H3. The van der Waals surface area contributed by atoms with Crippen molar-refractivity contribution < 1.29 is 4.79 Å². The second-order valence-corrected chi connectivity index (χ2v) is 7.31. The molecular weight excluding hydrogens is 338 g/mol. The molecule has 6 heteroatoms. The van der Waals surface area contributed by atoms with Crippen LogP contribution < -0.4 is 0 Å². The fourth-order valence-corrected chi connectivity index (χ4v) is 3.93. The van der Waals surface area contributed by atoms with E-state index in [9.17, 15) is 4.79 Å². The molecule has 24 heavy (non-hydrogen) atoms. The molecule has 3 rings (SSSR count). The summed E-state index contributed by atoms with van der Waals surface area (Å²) >= 11 is 3.12. The summed E-state index contributed by atoms with van der Waals surface area (Å²) in [6.45, 7) is 2.71. The van der Waals surface area contributed by atoms with Crippen LogP contribution >= 0.6 is 23.1 Å². The first-order valence-electron chi connectivity index (χ1n) is 7.62. The van der Waals surface area contributed by atoms with Crippen molar-refractivity contribution >= 4 is 29.0 Å². The highest BCUT2D eigenvalue weighted by Gasteiger charge is 2.13. The normalized spacial score (nSPS) is 10.8. The van der Waals surface area contributed by atoms with Gasteiger partial charge < -0.3 is 4.90 Å². The number of aryl methyl sites for hydroxylation is 1. The maximum absolute atomic E-state index is 12.3. The molecule has 0 radical (unpaired) electrons. The summed E-state index contributed by atoms with van der Waals surface area (Å²) in [4.78, 5) is 18.5. The van der Waals surface area contributed by atoms with Crippen LogP contribution in [-0.2, 0) is 11.3 Å². The zero-order valence-electron chi connectivity index (χ0n) is 13.7. The molecule has 0 atom stereocenters. The second-order valence-electron chi connectivity index (χ2n) is 5.59. The van der Waals surface area contributed by atoms with E-state index in [0.717, 1.165) is 10.8 Å². The molecule has 0 spiro atoms. The van der Waals surface area contributed by atoms with E-state index in [2.05, 4.69) is 29.4 Å². The average molecular weight is 358 g/mol. The Kier molecular flexibility index (Phi) is 5.37. The summed E-state index contributed by atoms with van der Waals surface area (Å²) in [6.07, 6.45) is 3.70.